The molecule has 1 aliphatic carbocycles. The second-order valence-electron chi connectivity index (χ2n) is 5.75. The highest BCUT2D eigenvalue weighted by Crippen LogP contribution is 2.39. The number of ether oxygens (including phenoxy) is 2. The Balaban J connectivity index is 1.70. The van der Waals surface area contributed by atoms with E-state index in [-0.39, 0.29) is 30.6 Å². The third-order valence-corrected chi connectivity index (χ3v) is 4.30. The van der Waals surface area contributed by atoms with Gasteiger partial charge in [-0.2, -0.15) is 0 Å². The van der Waals surface area contributed by atoms with E-state index in [9.17, 15) is 9.59 Å². The van der Waals surface area contributed by atoms with Gasteiger partial charge in [-0.1, -0.05) is 0 Å². The van der Waals surface area contributed by atoms with E-state index in [2.05, 4.69) is 5.32 Å². The first-order valence-electron chi connectivity index (χ1n) is 7.18. The van der Waals surface area contributed by atoms with Gasteiger partial charge in [-0.05, 0) is 37.8 Å². The summed E-state index contributed by atoms with van der Waals surface area (Å²) < 4.78 is 10.6. The van der Waals surface area contributed by atoms with Gasteiger partial charge in [-0.3, -0.25) is 14.5 Å². The number of carbonyl (C=O) groups excluding carboxylic acids is 2. The van der Waals surface area contributed by atoms with Gasteiger partial charge in [0.2, 0.25) is 12.7 Å². The molecule has 1 aromatic rings. The molecule has 2 heterocycles. The molecule has 2 atom stereocenters. The molecular weight excluding hydrogens is 272 g/mol. The molecule has 0 bridgehead atoms. The number of hydrogen-bond donors (Lipinski definition) is 1. The Hall–Kier alpha value is -2.24. The van der Waals surface area contributed by atoms with Gasteiger partial charge in [-0.15, -0.1) is 0 Å². The fourth-order valence-corrected chi connectivity index (χ4v) is 2.93. The van der Waals surface area contributed by atoms with Crippen LogP contribution in [0.3, 0.4) is 0 Å². The second kappa shape index (κ2) is 4.38. The lowest BCUT2D eigenvalue weighted by Crippen LogP contribution is -2.63. The highest BCUT2D eigenvalue weighted by Gasteiger charge is 2.46. The summed E-state index contributed by atoms with van der Waals surface area (Å²) in [6, 6.07) is 4.42. The molecule has 0 aromatic heterocycles. The molecule has 6 nitrogen and oxygen atoms in total. The zero-order chi connectivity index (χ0) is 14.6. The molecule has 1 N–H and O–H groups in total. The third kappa shape index (κ3) is 1.93. The number of anilines is 1. The molecule has 2 unspecified atom stereocenters. The van der Waals surface area contributed by atoms with E-state index in [0.29, 0.717) is 17.2 Å². The quantitative estimate of drug-likeness (QED) is 0.883. The van der Waals surface area contributed by atoms with Crippen LogP contribution in [0.25, 0.3) is 0 Å². The molecule has 2 amide bonds. The van der Waals surface area contributed by atoms with Crippen LogP contribution in [0.15, 0.2) is 18.2 Å². The number of hydrogen-bond acceptors (Lipinski definition) is 4. The van der Waals surface area contributed by atoms with Crippen LogP contribution in [0.1, 0.15) is 19.8 Å². The standard InChI is InChI=1S/C15H16N2O4/c1-8-14(18)16-13(9-2-3-9)15(19)17(8)10-4-5-11-12(6-10)21-7-20-11/h4-6,8-9,13H,2-3,7H2,1H3,(H,16,18). The van der Waals surface area contributed by atoms with Crippen LogP contribution in [-0.2, 0) is 9.59 Å². The van der Waals surface area contributed by atoms with E-state index in [0.717, 1.165) is 12.8 Å². The molecule has 2 fully saturated rings. The van der Waals surface area contributed by atoms with Crippen LogP contribution in [0, 0.1) is 5.92 Å². The zero-order valence-corrected chi connectivity index (χ0v) is 11.7. The van der Waals surface area contributed by atoms with Gasteiger partial charge in [0.1, 0.15) is 12.1 Å². The van der Waals surface area contributed by atoms with Crippen molar-refractivity contribution in [3.63, 3.8) is 0 Å². The van der Waals surface area contributed by atoms with Gasteiger partial charge in [0, 0.05) is 11.8 Å². The van der Waals surface area contributed by atoms with Crippen molar-refractivity contribution in [3.8, 4) is 11.5 Å². The Morgan fingerprint density at radius 1 is 1.19 bits per heavy atom. The second-order valence-corrected chi connectivity index (χ2v) is 5.75. The van der Waals surface area contributed by atoms with Crippen molar-refractivity contribution in [2.45, 2.75) is 31.8 Å². The number of rotatable bonds is 2. The van der Waals surface area contributed by atoms with Crippen molar-refractivity contribution in [1.82, 2.24) is 5.32 Å². The summed E-state index contributed by atoms with van der Waals surface area (Å²) in [5, 5.41) is 2.84. The van der Waals surface area contributed by atoms with Crippen molar-refractivity contribution in [2.24, 2.45) is 5.92 Å². The molecule has 4 rings (SSSR count). The van der Waals surface area contributed by atoms with Gasteiger partial charge < -0.3 is 14.8 Å². The molecule has 1 saturated heterocycles. The Morgan fingerprint density at radius 2 is 1.95 bits per heavy atom. The first-order valence-corrected chi connectivity index (χ1v) is 7.18. The Kier molecular flexibility index (Phi) is 2.60. The summed E-state index contributed by atoms with van der Waals surface area (Å²) in [5.74, 6) is 1.42. The lowest BCUT2D eigenvalue weighted by molar-refractivity contribution is -0.133. The van der Waals surface area contributed by atoms with Crippen molar-refractivity contribution < 1.29 is 19.1 Å². The number of nitrogens with one attached hydrogen (secondary N) is 1. The molecule has 110 valence electrons. The monoisotopic (exact) mass is 288 g/mol. The van der Waals surface area contributed by atoms with Crippen LogP contribution < -0.4 is 19.7 Å². The average molecular weight is 288 g/mol. The highest BCUT2D eigenvalue weighted by atomic mass is 16.7. The molecule has 6 heteroatoms. The minimum Gasteiger partial charge on any atom is -0.454 e. The Morgan fingerprint density at radius 3 is 2.71 bits per heavy atom. The summed E-state index contributed by atoms with van der Waals surface area (Å²) in [6.07, 6.45) is 2.00. The summed E-state index contributed by atoms with van der Waals surface area (Å²) in [6.45, 7) is 1.93. The predicted octanol–water partition coefficient (Wildman–Crippen LogP) is 1.05. The smallest absolute Gasteiger partial charge is 0.250 e. The van der Waals surface area contributed by atoms with Crippen molar-refractivity contribution in [1.29, 1.82) is 0 Å². The normalized spacial score (nSPS) is 27.8. The van der Waals surface area contributed by atoms with E-state index < -0.39 is 6.04 Å². The largest absolute Gasteiger partial charge is 0.454 e. The van der Waals surface area contributed by atoms with Crippen LogP contribution in [0.4, 0.5) is 5.69 Å². The lowest BCUT2D eigenvalue weighted by atomic mass is 10.0. The van der Waals surface area contributed by atoms with Crippen molar-refractivity contribution in [2.75, 3.05) is 11.7 Å². The maximum atomic E-state index is 12.7. The summed E-state index contributed by atoms with van der Waals surface area (Å²) >= 11 is 0. The minimum atomic E-state index is -0.520. The fourth-order valence-electron chi connectivity index (χ4n) is 2.93. The number of amides is 2. The van der Waals surface area contributed by atoms with Crippen molar-refractivity contribution in [3.05, 3.63) is 18.2 Å². The number of fused-ring (bicyclic) bond motifs is 1. The molecular formula is C15H16N2O4. The molecule has 1 aromatic carbocycles. The third-order valence-electron chi connectivity index (χ3n) is 4.30. The fraction of sp³-hybridized carbons (Fsp3) is 0.467. The Bertz CT molecular complexity index is 626. The molecule has 0 spiro atoms. The maximum absolute atomic E-state index is 12.7. The van der Waals surface area contributed by atoms with Crippen molar-refractivity contribution >= 4 is 17.5 Å². The first kappa shape index (κ1) is 12.5. The molecule has 0 radical (unpaired) electrons. The number of carbonyl (C=O) groups is 2. The summed E-state index contributed by atoms with van der Waals surface area (Å²) in [4.78, 5) is 26.4. The van der Waals surface area contributed by atoms with Gasteiger partial charge >= 0.3 is 0 Å². The van der Waals surface area contributed by atoms with Crippen LogP contribution in [0.5, 0.6) is 11.5 Å². The SMILES string of the molecule is CC1C(=O)NC(C2CC2)C(=O)N1c1ccc2c(c1)OCO2. The van der Waals surface area contributed by atoms with Gasteiger partial charge in [0.15, 0.2) is 11.5 Å². The minimum absolute atomic E-state index is 0.0385. The van der Waals surface area contributed by atoms with Crippen LogP contribution in [0.2, 0.25) is 0 Å². The average Bonchev–Trinajstić information content (AvgIpc) is 3.20. The van der Waals surface area contributed by atoms with E-state index in [1.807, 2.05) is 0 Å². The number of piperazine rings is 1. The predicted molar refractivity (Wildman–Crippen MR) is 74.2 cm³/mol. The molecule has 21 heavy (non-hydrogen) atoms. The highest BCUT2D eigenvalue weighted by molar-refractivity contribution is 6.08. The topological polar surface area (TPSA) is 67.9 Å². The van der Waals surface area contributed by atoms with E-state index >= 15 is 0 Å². The van der Waals surface area contributed by atoms with Gasteiger partial charge in [0.05, 0.1) is 0 Å². The maximum Gasteiger partial charge on any atom is 0.250 e. The molecule has 2 aliphatic heterocycles. The van der Waals surface area contributed by atoms with Gasteiger partial charge in [-0.25, -0.2) is 0 Å². The Labute approximate surface area is 122 Å². The lowest BCUT2D eigenvalue weighted by Gasteiger charge is -2.37. The number of nitrogens with zero attached hydrogens (tertiary/aromatic N) is 1. The molecule has 1 saturated carbocycles. The van der Waals surface area contributed by atoms with E-state index in [1.54, 1.807) is 30.0 Å². The van der Waals surface area contributed by atoms with E-state index in [4.69, 9.17) is 9.47 Å². The summed E-state index contributed by atoms with van der Waals surface area (Å²) in [7, 11) is 0. The van der Waals surface area contributed by atoms with E-state index in [1.165, 1.54) is 0 Å². The number of benzene rings is 1. The summed E-state index contributed by atoms with van der Waals surface area (Å²) in [5.41, 5.74) is 0.678. The first-order chi connectivity index (χ1) is 10.1. The zero-order valence-electron chi connectivity index (χ0n) is 11.7. The molecule has 3 aliphatic rings. The van der Waals surface area contributed by atoms with Crippen LogP contribution >= 0.6 is 0 Å². The van der Waals surface area contributed by atoms with Crippen LogP contribution in [-0.4, -0.2) is 30.7 Å². The van der Waals surface area contributed by atoms with Gasteiger partial charge in [0.25, 0.3) is 5.91 Å².